The standard InChI is InChI=1S/C27H31N3O5S3/c1-4-30(38(34,35)26-15-11-24(36-3)12-16-26)23-9-7-22(8-10-23)27(31)28-17-19-29(20-18-28)37(32,33)25-13-5-21(2)6-14-25/h5-16H,4,17-20H2,1-3H3. The third-order valence-electron chi connectivity index (χ3n) is 6.52. The van der Waals surface area contributed by atoms with E-state index in [1.165, 1.54) is 20.4 Å². The number of carbonyl (C=O) groups excluding carboxylic acids is 1. The molecule has 1 amide bonds. The first-order valence-corrected chi connectivity index (χ1v) is 16.3. The van der Waals surface area contributed by atoms with Gasteiger partial charge in [-0.1, -0.05) is 17.7 Å². The van der Waals surface area contributed by atoms with E-state index in [0.29, 0.717) is 11.3 Å². The summed E-state index contributed by atoms with van der Waals surface area (Å²) in [5, 5.41) is 0. The molecule has 1 fully saturated rings. The monoisotopic (exact) mass is 573 g/mol. The highest BCUT2D eigenvalue weighted by atomic mass is 32.2. The van der Waals surface area contributed by atoms with E-state index in [9.17, 15) is 21.6 Å². The van der Waals surface area contributed by atoms with Crippen LogP contribution in [0.2, 0.25) is 0 Å². The number of anilines is 1. The molecule has 0 spiro atoms. The average molecular weight is 574 g/mol. The van der Waals surface area contributed by atoms with E-state index in [1.807, 2.05) is 13.2 Å². The fourth-order valence-electron chi connectivity index (χ4n) is 4.31. The summed E-state index contributed by atoms with van der Waals surface area (Å²) in [7, 11) is -7.38. The predicted molar refractivity (Wildman–Crippen MR) is 151 cm³/mol. The molecular formula is C27H31N3O5S3. The van der Waals surface area contributed by atoms with Crippen molar-refractivity contribution in [2.45, 2.75) is 28.5 Å². The summed E-state index contributed by atoms with van der Waals surface area (Å²) < 4.78 is 55.1. The molecule has 0 radical (unpaired) electrons. The molecule has 3 aromatic rings. The van der Waals surface area contributed by atoms with Gasteiger partial charge in [-0.05, 0) is 80.8 Å². The molecule has 1 heterocycles. The van der Waals surface area contributed by atoms with Gasteiger partial charge in [-0.25, -0.2) is 16.8 Å². The Balaban J connectivity index is 1.44. The summed E-state index contributed by atoms with van der Waals surface area (Å²) in [6.45, 7) is 4.85. The highest BCUT2D eigenvalue weighted by Crippen LogP contribution is 2.26. The maximum atomic E-state index is 13.3. The van der Waals surface area contributed by atoms with Crippen molar-refractivity contribution in [2.75, 3.05) is 43.3 Å². The van der Waals surface area contributed by atoms with Gasteiger partial charge in [0.2, 0.25) is 10.0 Å². The molecule has 0 aliphatic carbocycles. The van der Waals surface area contributed by atoms with Crippen molar-refractivity contribution >= 4 is 43.4 Å². The van der Waals surface area contributed by atoms with Gasteiger partial charge in [0.25, 0.3) is 15.9 Å². The molecule has 1 aliphatic heterocycles. The zero-order valence-corrected chi connectivity index (χ0v) is 24.0. The molecule has 38 heavy (non-hydrogen) atoms. The van der Waals surface area contributed by atoms with Gasteiger partial charge in [0.05, 0.1) is 15.5 Å². The molecular weight excluding hydrogens is 543 g/mol. The number of hydrogen-bond donors (Lipinski definition) is 0. The molecule has 0 N–H and O–H groups in total. The van der Waals surface area contributed by atoms with E-state index in [1.54, 1.807) is 84.6 Å². The Labute approximate surface area is 229 Å². The molecule has 0 atom stereocenters. The number of hydrogen-bond acceptors (Lipinski definition) is 6. The van der Waals surface area contributed by atoms with Crippen molar-refractivity contribution in [1.29, 1.82) is 0 Å². The fraction of sp³-hybridized carbons (Fsp3) is 0.296. The molecule has 1 aliphatic rings. The first kappa shape index (κ1) is 28.2. The normalized spacial score (nSPS) is 14.9. The molecule has 8 nitrogen and oxygen atoms in total. The van der Waals surface area contributed by atoms with Gasteiger partial charge >= 0.3 is 0 Å². The number of piperazine rings is 1. The van der Waals surface area contributed by atoms with Gasteiger partial charge in [0, 0.05) is 43.2 Å². The number of nitrogens with zero attached hydrogens (tertiary/aromatic N) is 3. The minimum atomic E-state index is -3.76. The Morgan fingerprint density at radius 2 is 1.37 bits per heavy atom. The smallest absolute Gasteiger partial charge is 0.264 e. The lowest BCUT2D eigenvalue weighted by molar-refractivity contribution is 0.0698. The van der Waals surface area contributed by atoms with Crippen molar-refractivity contribution in [3.8, 4) is 0 Å². The Morgan fingerprint density at radius 3 is 1.89 bits per heavy atom. The van der Waals surface area contributed by atoms with Crippen LogP contribution in [-0.2, 0) is 20.0 Å². The first-order chi connectivity index (χ1) is 18.1. The molecule has 11 heteroatoms. The molecule has 3 aromatic carbocycles. The zero-order chi connectivity index (χ0) is 27.5. The van der Waals surface area contributed by atoms with Crippen molar-refractivity contribution in [3.63, 3.8) is 0 Å². The average Bonchev–Trinajstić information content (AvgIpc) is 2.93. The molecule has 1 saturated heterocycles. The Hall–Kier alpha value is -2.86. The summed E-state index contributed by atoms with van der Waals surface area (Å²) in [5.41, 5.74) is 1.86. The molecule has 4 rings (SSSR count). The Morgan fingerprint density at radius 1 is 0.816 bits per heavy atom. The minimum Gasteiger partial charge on any atom is -0.336 e. The summed E-state index contributed by atoms with van der Waals surface area (Å²) in [4.78, 5) is 16.2. The van der Waals surface area contributed by atoms with E-state index in [-0.39, 0.29) is 48.4 Å². The number of aryl methyl sites for hydroxylation is 1. The molecule has 0 aromatic heterocycles. The topological polar surface area (TPSA) is 95.1 Å². The van der Waals surface area contributed by atoms with E-state index in [0.717, 1.165) is 10.5 Å². The Bertz CT molecular complexity index is 1480. The van der Waals surface area contributed by atoms with Crippen molar-refractivity contribution in [1.82, 2.24) is 9.21 Å². The van der Waals surface area contributed by atoms with E-state index >= 15 is 0 Å². The third kappa shape index (κ3) is 5.75. The first-order valence-electron chi connectivity index (χ1n) is 12.2. The van der Waals surface area contributed by atoms with Crippen LogP contribution in [0.3, 0.4) is 0 Å². The Kier molecular flexibility index (Phi) is 8.51. The van der Waals surface area contributed by atoms with Crippen LogP contribution in [0.4, 0.5) is 5.69 Å². The SMILES string of the molecule is CCN(c1ccc(C(=O)N2CCN(S(=O)(=O)c3ccc(C)cc3)CC2)cc1)S(=O)(=O)c1ccc(SC)cc1. The van der Waals surface area contributed by atoms with Crippen LogP contribution in [0, 0.1) is 6.92 Å². The maximum Gasteiger partial charge on any atom is 0.264 e. The van der Waals surface area contributed by atoms with E-state index < -0.39 is 20.0 Å². The second-order valence-corrected chi connectivity index (χ2v) is 13.6. The largest absolute Gasteiger partial charge is 0.336 e. The summed E-state index contributed by atoms with van der Waals surface area (Å²) in [6.07, 6.45) is 1.93. The van der Waals surface area contributed by atoms with Crippen LogP contribution >= 0.6 is 11.8 Å². The number of amides is 1. The van der Waals surface area contributed by atoms with Crippen molar-refractivity contribution in [2.24, 2.45) is 0 Å². The van der Waals surface area contributed by atoms with Crippen molar-refractivity contribution in [3.05, 3.63) is 83.9 Å². The molecule has 0 saturated carbocycles. The minimum absolute atomic E-state index is 0.204. The highest BCUT2D eigenvalue weighted by molar-refractivity contribution is 7.98. The van der Waals surface area contributed by atoms with Crippen LogP contribution in [0.25, 0.3) is 0 Å². The maximum absolute atomic E-state index is 13.3. The fourth-order valence-corrected chi connectivity index (χ4v) is 7.61. The van der Waals surface area contributed by atoms with Crippen LogP contribution in [0.15, 0.2) is 87.5 Å². The lowest BCUT2D eigenvalue weighted by atomic mass is 10.1. The summed E-state index contributed by atoms with van der Waals surface area (Å²) in [5.74, 6) is -0.220. The lowest BCUT2D eigenvalue weighted by Gasteiger charge is -2.34. The quantitative estimate of drug-likeness (QED) is 0.377. The number of rotatable bonds is 8. The van der Waals surface area contributed by atoms with Gasteiger partial charge in [-0.3, -0.25) is 9.10 Å². The van der Waals surface area contributed by atoms with Crippen LogP contribution in [-0.4, -0.2) is 70.9 Å². The number of benzene rings is 3. The molecule has 0 unspecified atom stereocenters. The number of sulfonamides is 2. The van der Waals surface area contributed by atoms with Crippen LogP contribution in [0.5, 0.6) is 0 Å². The predicted octanol–water partition coefficient (Wildman–Crippen LogP) is 4.08. The van der Waals surface area contributed by atoms with E-state index in [2.05, 4.69) is 0 Å². The van der Waals surface area contributed by atoms with Gasteiger partial charge in [0.15, 0.2) is 0 Å². The van der Waals surface area contributed by atoms with Gasteiger partial charge in [0.1, 0.15) is 0 Å². The summed E-state index contributed by atoms with van der Waals surface area (Å²) >= 11 is 1.54. The molecule has 0 bridgehead atoms. The summed E-state index contributed by atoms with van der Waals surface area (Å²) in [6, 6.07) is 20.0. The second-order valence-electron chi connectivity index (χ2n) is 8.90. The van der Waals surface area contributed by atoms with E-state index in [4.69, 9.17) is 0 Å². The third-order valence-corrected chi connectivity index (χ3v) is 11.1. The lowest BCUT2D eigenvalue weighted by Crippen LogP contribution is -2.50. The number of thioether (sulfide) groups is 1. The molecule has 202 valence electrons. The zero-order valence-electron chi connectivity index (χ0n) is 21.6. The number of carbonyl (C=O) groups is 1. The van der Waals surface area contributed by atoms with Crippen molar-refractivity contribution < 1.29 is 21.6 Å². The second kappa shape index (κ2) is 11.5. The van der Waals surface area contributed by atoms with Gasteiger partial charge in [-0.2, -0.15) is 4.31 Å². The van der Waals surface area contributed by atoms with Crippen LogP contribution in [0.1, 0.15) is 22.8 Å². The highest BCUT2D eigenvalue weighted by Gasteiger charge is 2.31. The van der Waals surface area contributed by atoms with Gasteiger partial charge < -0.3 is 4.90 Å². The van der Waals surface area contributed by atoms with Gasteiger partial charge in [-0.15, -0.1) is 11.8 Å². The van der Waals surface area contributed by atoms with Crippen LogP contribution < -0.4 is 4.31 Å².